The van der Waals surface area contributed by atoms with Crippen molar-refractivity contribution in [1.29, 1.82) is 0 Å². The first kappa shape index (κ1) is 76.2. The summed E-state index contributed by atoms with van der Waals surface area (Å²) in [5.41, 5.74) is 5.83. The molecular formula is C82H99N13O6. The van der Waals surface area contributed by atoms with E-state index >= 15 is 0 Å². The molecule has 0 atom stereocenters. The van der Waals surface area contributed by atoms with Crippen LogP contribution in [0.4, 0.5) is 17.5 Å². The van der Waals surface area contributed by atoms with Crippen molar-refractivity contribution in [2.45, 2.75) is 119 Å². The van der Waals surface area contributed by atoms with Gasteiger partial charge in [0, 0.05) is 138 Å². The maximum absolute atomic E-state index is 13.2. The number of carbonyl (C=O) groups excluding carboxylic acids is 2. The first-order valence-electron chi connectivity index (χ1n) is 33.6. The number of fused-ring (bicyclic) bond motifs is 3. The van der Waals surface area contributed by atoms with E-state index in [1.807, 2.05) is 6.92 Å². The molecular weight excluding hydrogens is 1260 g/mol. The number of aromatic nitrogens is 6. The second-order valence-electron chi connectivity index (χ2n) is 25.1. The SMILES string of the molecule is C.C.C.C.CCCNC(=O)c1ccc(-n2ccnc(NC3CCN(Cc4ccc5ccccc5c4)CC3)c2=O)cc1.COC(=O)c1ccc(-n2ccnc(NC3CCN(Cc4ccc5ccccc5c4)CC3)c2=O)cc1.O=c1[nH]ccnc1NC1CCN(Cc2ccc3ccccc3c2)CC1. The number of likely N-dealkylation sites (tertiary alicyclic amines) is 3. The summed E-state index contributed by atoms with van der Waals surface area (Å²) >= 11 is 0. The summed E-state index contributed by atoms with van der Waals surface area (Å²) in [7, 11) is 1.34. The predicted octanol–water partition coefficient (Wildman–Crippen LogP) is 14.4. The standard InChI is InChI=1S/C30H33N5O2.C28H28N4O3.C20H22N4O.4CH4/c1-2-15-32-29(36)24-9-11-27(12-10-24)35-19-16-31-28(30(35)37)33-26-13-17-34(18-14-26)21-22-7-8-23-5-3-4-6-25(23)20-22;1-35-28(34)22-8-10-25(11-9-22)32-17-14-29-26(27(32)33)30-24-12-15-31(16-13-24)19-20-6-7-21-4-2-3-5-23(21)18-20;25-20-19(21-9-10-22-20)23-18-7-11-24(12-8-18)14-15-5-6-16-3-1-2-4-17(16)13-15;;;;/h3-12,16,19-20,26H,2,13-15,17-18,21H2,1H3,(H,31,33)(H,32,36);2-11,14,17-18,24H,12-13,15-16,19H2,1H3,(H,29,30);1-6,9-10,13,18H,7-8,11-12,14H2,(H,21,23)(H,22,25);4*1H4. The van der Waals surface area contributed by atoms with E-state index in [2.05, 4.69) is 183 Å². The molecule has 8 aromatic carbocycles. The summed E-state index contributed by atoms with van der Waals surface area (Å²) in [6, 6.07) is 59.9. The normalized spacial score (nSPS) is 14.4. The molecule has 19 heteroatoms. The number of aromatic amines is 1. The minimum atomic E-state index is -0.409. The number of benzene rings is 8. The van der Waals surface area contributed by atoms with E-state index in [0.717, 1.165) is 104 Å². The molecule has 11 aromatic rings. The topological polar surface area (TPSA) is 217 Å². The van der Waals surface area contributed by atoms with Crippen molar-refractivity contribution in [2.24, 2.45) is 0 Å². The van der Waals surface area contributed by atoms with Crippen molar-refractivity contribution in [1.82, 2.24) is 49.1 Å². The van der Waals surface area contributed by atoms with Gasteiger partial charge in [0.15, 0.2) is 17.5 Å². The highest BCUT2D eigenvalue weighted by Crippen LogP contribution is 2.25. The van der Waals surface area contributed by atoms with Crippen molar-refractivity contribution < 1.29 is 14.3 Å². The number of rotatable bonds is 18. The zero-order valence-electron chi connectivity index (χ0n) is 55.0. The van der Waals surface area contributed by atoms with Gasteiger partial charge in [-0.1, -0.05) is 146 Å². The summed E-state index contributed by atoms with van der Waals surface area (Å²) in [5, 5.41) is 20.6. The molecule has 0 bridgehead atoms. The number of hydrogen-bond donors (Lipinski definition) is 5. The molecule has 0 unspecified atom stereocenters. The highest BCUT2D eigenvalue weighted by atomic mass is 16.5. The van der Waals surface area contributed by atoms with Crippen LogP contribution in [0.15, 0.2) is 227 Å². The minimum absolute atomic E-state index is 0. The molecule has 3 fully saturated rings. The maximum atomic E-state index is 13.2. The lowest BCUT2D eigenvalue weighted by molar-refractivity contribution is 0.0600. The zero-order chi connectivity index (χ0) is 66.9. The zero-order valence-corrected chi connectivity index (χ0v) is 55.0. The van der Waals surface area contributed by atoms with Gasteiger partial charge in [-0.25, -0.2) is 19.7 Å². The third-order valence-corrected chi connectivity index (χ3v) is 18.3. The Balaban J connectivity index is 0.000000192. The summed E-state index contributed by atoms with van der Waals surface area (Å²) in [5.74, 6) is 0.617. The molecule has 101 heavy (non-hydrogen) atoms. The van der Waals surface area contributed by atoms with Gasteiger partial charge in [0.25, 0.3) is 22.6 Å². The number of amides is 1. The van der Waals surface area contributed by atoms with Crippen LogP contribution in [-0.2, 0) is 24.4 Å². The van der Waals surface area contributed by atoms with Gasteiger partial charge in [0.2, 0.25) is 0 Å². The molecule has 6 heterocycles. The maximum Gasteiger partial charge on any atom is 0.337 e. The van der Waals surface area contributed by atoms with Gasteiger partial charge < -0.3 is 31.0 Å². The van der Waals surface area contributed by atoms with Crippen LogP contribution < -0.4 is 37.9 Å². The molecule has 3 aliphatic heterocycles. The lowest BCUT2D eigenvalue weighted by atomic mass is 10.0. The van der Waals surface area contributed by atoms with Crippen molar-refractivity contribution in [3.05, 3.63) is 272 Å². The Morgan fingerprint density at radius 2 is 0.812 bits per heavy atom. The second-order valence-corrected chi connectivity index (χ2v) is 25.1. The third kappa shape index (κ3) is 20.1. The van der Waals surface area contributed by atoms with Crippen LogP contribution in [0.1, 0.15) is 119 Å². The van der Waals surface area contributed by atoms with Gasteiger partial charge >= 0.3 is 5.97 Å². The number of carbonyl (C=O) groups is 2. The van der Waals surface area contributed by atoms with Gasteiger partial charge in [0.05, 0.1) is 12.7 Å². The third-order valence-electron chi connectivity index (χ3n) is 18.3. The molecule has 3 saturated heterocycles. The van der Waals surface area contributed by atoms with Crippen molar-refractivity contribution >= 4 is 61.6 Å². The summed E-state index contributed by atoms with van der Waals surface area (Å²) in [6.07, 6.45) is 16.4. The summed E-state index contributed by atoms with van der Waals surface area (Å²) in [4.78, 5) is 84.6. The van der Waals surface area contributed by atoms with Crippen LogP contribution in [0.5, 0.6) is 0 Å². The molecule has 0 spiro atoms. The van der Waals surface area contributed by atoms with E-state index in [-0.39, 0.29) is 64.4 Å². The molecule has 3 aromatic heterocycles. The lowest BCUT2D eigenvalue weighted by Gasteiger charge is -2.32. The molecule has 19 nitrogen and oxygen atoms in total. The van der Waals surface area contributed by atoms with Gasteiger partial charge in [-0.05, 0) is 161 Å². The number of ether oxygens (including phenoxy) is 1. The molecule has 1 amide bonds. The smallest absolute Gasteiger partial charge is 0.337 e. The number of nitrogens with zero attached hydrogens (tertiary/aromatic N) is 8. The molecule has 5 N–H and O–H groups in total. The van der Waals surface area contributed by atoms with Crippen molar-refractivity contribution in [3.63, 3.8) is 0 Å². The fraction of sp³-hybridized carbons (Fsp3) is 0.317. The number of anilines is 3. The fourth-order valence-electron chi connectivity index (χ4n) is 12.9. The Morgan fingerprint density at radius 1 is 0.455 bits per heavy atom. The highest BCUT2D eigenvalue weighted by Gasteiger charge is 2.24. The van der Waals surface area contributed by atoms with E-state index in [1.54, 1.807) is 90.3 Å². The van der Waals surface area contributed by atoms with Gasteiger partial charge in [0.1, 0.15) is 0 Å². The molecule has 0 aliphatic carbocycles. The van der Waals surface area contributed by atoms with Crippen molar-refractivity contribution in [3.8, 4) is 11.4 Å². The largest absolute Gasteiger partial charge is 0.465 e. The number of H-pyrrole nitrogens is 1. The Morgan fingerprint density at radius 3 is 1.18 bits per heavy atom. The van der Waals surface area contributed by atoms with Crippen LogP contribution in [0, 0.1) is 0 Å². The highest BCUT2D eigenvalue weighted by molar-refractivity contribution is 5.94. The first-order valence-corrected chi connectivity index (χ1v) is 33.6. The Labute approximate surface area is 593 Å². The number of esters is 1. The Bertz CT molecular complexity index is 4650. The molecule has 528 valence electrons. The number of piperidine rings is 3. The van der Waals surface area contributed by atoms with E-state index in [1.165, 1.54) is 60.7 Å². The molecule has 0 saturated carbocycles. The van der Waals surface area contributed by atoms with Gasteiger partial charge in [-0.15, -0.1) is 0 Å². The lowest BCUT2D eigenvalue weighted by Crippen LogP contribution is -2.40. The van der Waals surface area contributed by atoms with E-state index in [4.69, 9.17) is 4.74 Å². The summed E-state index contributed by atoms with van der Waals surface area (Å²) < 4.78 is 7.84. The van der Waals surface area contributed by atoms with Crippen LogP contribution >= 0.6 is 0 Å². The Kier molecular flexibility index (Phi) is 27.9. The summed E-state index contributed by atoms with van der Waals surface area (Å²) in [6.45, 7) is 11.4. The van der Waals surface area contributed by atoms with Crippen molar-refractivity contribution in [2.75, 3.05) is 68.9 Å². The minimum Gasteiger partial charge on any atom is -0.465 e. The molecule has 14 rings (SSSR count). The molecule has 3 aliphatic rings. The van der Waals surface area contributed by atoms with E-state index in [0.29, 0.717) is 52.5 Å². The second kappa shape index (κ2) is 37.0. The quantitative estimate of drug-likeness (QED) is 0.0505. The fourth-order valence-corrected chi connectivity index (χ4v) is 12.9. The van der Waals surface area contributed by atoms with E-state index < -0.39 is 5.97 Å². The number of hydrogen-bond acceptors (Lipinski definition) is 15. The first-order chi connectivity index (χ1) is 47.5. The van der Waals surface area contributed by atoms with Gasteiger partial charge in [-0.3, -0.25) is 43.0 Å². The van der Waals surface area contributed by atoms with E-state index in [9.17, 15) is 24.0 Å². The van der Waals surface area contributed by atoms with Crippen LogP contribution in [0.2, 0.25) is 0 Å². The van der Waals surface area contributed by atoms with Crippen LogP contribution in [0.3, 0.4) is 0 Å². The van der Waals surface area contributed by atoms with Gasteiger partial charge in [-0.2, -0.15) is 0 Å². The molecule has 0 radical (unpaired) electrons. The number of nitrogens with one attached hydrogen (secondary N) is 5. The average Bonchev–Trinajstić information content (AvgIpc) is 0.815. The Hall–Kier alpha value is -10.6. The number of methoxy groups -OCH3 is 1. The average molecular weight is 1360 g/mol. The monoisotopic (exact) mass is 1360 g/mol. The van der Waals surface area contributed by atoms with Crippen LogP contribution in [-0.4, -0.2) is 127 Å². The predicted molar refractivity (Wildman–Crippen MR) is 413 cm³/mol. The van der Waals surface area contributed by atoms with Crippen LogP contribution in [0.25, 0.3) is 43.7 Å².